The van der Waals surface area contributed by atoms with Gasteiger partial charge in [-0.2, -0.15) is 5.26 Å². The normalized spacial score (nSPS) is 19.4. The van der Waals surface area contributed by atoms with Gasteiger partial charge in [-0.1, -0.05) is 15.9 Å². The minimum atomic E-state index is -0.650. The number of rotatable bonds is 2. The molecule has 0 unspecified atom stereocenters. The number of benzene rings is 1. The number of carbonyl (C=O) groups is 1. The van der Waals surface area contributed by atoms with Gasteiger partial charge in [0.15, 0.2) is 5.78 Å². The summed E-state index contributed by atoms with van der Waals surface area (Å²) < 4.78 is 14.3. The van der Waals surface area contributed by atoms with E-state index >= 15 is 0 Å². The maximum absolute atomic E-state index is 12.6. The van der Waals surface area contributed by atoms with Gasteiger partial charge in [-0.3, -0.25) is 4.79 Å². The Bertz CT molecular complexity index is 1090. The number of halogens is 3. The van der Waals surface area contributed by atoms with Crippen LogP contribution in [0.4, 0.5) is 0 Å². The van der Waals surface area contributed by atoms with E-state index in [2.05, 4.69) is 53.9 Å². The molecule has 0 fully saturated rings. The second-order valence-electron chi connectivity index (χ2n) is 6.48. The van der Waals surface area contributed by atoms with Crippen molar-refractivity contribution in [3.63, 3.8) is 0 Å². The molecule has 0 saturated carbocycles. The van der Waals surface area contributed by atoms with E-state index in [4.69, 9.17) is 14.9 Å². The summed E-state index contributed by atoms with van der Waals surface area (Å²) in [5.41, 5.74) is 7.49. The number of hydrogen-bond acceptors (Lipinski definition) is 5. The van der Waals surface area contributed by atoms with Gasteiger partial charge in [-0.05, 0) is 62.5 Å². The summed E-state index contributed by atoms with van der Waals surface area (Å²) in [5.74, 6) is 0.988. The van der Waals surface area contributed by atoms with Gasteiger partial charge in [-0.25, -0.2) is 0 Å². The summed E-state index contributed by atoms with van der Waals surface area (Å²) in [6.07, 6.45) is 1.75. The molecule has 1 aromatic heterocycles. The number of ketones is 1. The van der Waals surface area contributed by atoms with Crippen molar-refractivity contribution in [3.8, 4) is 17.4 Å². The summed E-state index contributed by atoms with van der Waals surface area (Å²) >= 11 is 10.6. The van der Waals surface area contributed by atoms with Crippen LogP contribution in [-0.4, -0.2) is 5.78 Å². The number of nitrogens with two attached hydrogens (primary N) is 1. The van der Waals surface area contributed by atoms with Crippen molar-refractivity contribution in [1.29, 1.82) is 5.26 Å². The lowest BCUT2D eigenvalue weighted by atomic mass is 9.80. The Kier molecular flexibility index (Phi) is 5.25. The topological polar surface area (TPSA) is 89.3 Å². The highest BCUT2D eigenvalue weighted by Gasteiger charge is 2.39. The van der Waals surface area contributed by atoms with Gasteiger partial charge in [0.25, 0.3) is 0 Å². The van der Waals surface area contributed by atoms with Crippen LogP contribution in [0.1, 0.15) is 30.9 Å². The molecule has 1 aliphatic carbocycles. The number of nitriles is 1. The maximum atomic E-state index is 12.6. The molecule has 0 spiro atoms. The van der Waals surface area contributed by atoms with E-state index in [0.717, 1.165) is 19.0 Å². The Labute approximate surface area is 186 Å². The molecule has 0 bridgehead atoms. The van der Waals surface area contributed by atoms with Crippen LogP contribution in [0.3, 0.4) is 0 Å². The van der Waals surface area contributed by atoms with E-state index in [-0.39, 0.29) is 17.2 Å². The number of nitrogens with zero attached hydrogens (tertiary/aromatic N) is 1. The first-order valence-corrected chi connectivity index (χ1v) is 10.9. The molecule has 28 heavy (non-hydrogen) atoms. The summed E-state index contributed by atoms with van der Waals surface area (Å²) in [6.45, 7) is 0. The lowest BCUT2D eigenvalue weighted by Gasteiger charge is -2.29. The van der Waals surface area contributed by atoms with Gasteiger partial charge >= 0.3 is 0 Å². The molecular weight excluding hydrogens is 556 g/mol. The van der Waals surface area contributed by atoms with Gasteiger partial charge in [0.2, 0.25) is 5.88 Å². The van der Waals surface area contributed by atoms with Crippen molar-refractivity contribution in [2.75, 3.05) is 0 Å². The third kappa shape index (κ3) is 3.25. The van der Waals surface area contributed by atoms with Crippen LogP contribution in [0.2, 0.25) is 0 Å². The molecular formula is C20H13Br3N2O3. The zero-order valence-electron chi connectivity index (χ0n) is 14.4. The number of furan rings is 1. The minimum Gasteiger partial charge on any atom is -0.460 e. The Morgan fingerprint density at radius 3 is 2.54 bits per heavy atom. The largest absolute Gasteiger partial charge is 0.460 e. The van der Waals surface area contributed by atoms with Crippen molar-refractivity contribution in [2.45, 2.75) is 25.2 Å². The van der Waals surface area contributed by atoms with Gasteiger partial charge in [0.05, 0.1) is 5.92 Å². The molecule has 5 nitrogen and oxygen atoms in total. The van der Waals surface area contributed by atoms with Gasteiger partial charge in [0, 0.05) is 37.4 Å². The third-order valence-corrected chi connectivity index (χ3v) is 6.48. The smallest absolute Gasteiger partial charge is 0.205 e. The van der Waals surface area contributed by atoms with Crippen LogP contribution < -0.4 is 5.73 Å². The standard InChI is InChI=1S/C20H13Br3N2O3/c21-9-6-11(22)18(12(23)7-9)16-5-4-15(27-16)17-10(8-24)20(25)28-14-3-1-2-13(26)19(14)17/h4-7,17H,1-3,25H2/t17-/m1/s1. The van der Waals surface area contributed by atoms with E-state index < -0.39 is 5.92 Å². The quantitative estimate of drug-likeness (QED) is 0.476. The molecule has 2 aliphatic rings. The van der Waals surface area contributed by atoms with Crippen molar-refractivity contribution >= 4 is 53.6 Å². The molecule has 4 rings (SSSR count). The minimum absolute atomic E-state index is 0.0320. The van der Waals surface area contributed by atoms with Crippen molar-refractivity contribution in [1.82, 2.24) is 0 Å². The maximum Gasteiger partial charge on any atom is 0.205 e. The van der Waals surface area contributed by atoms with E-state index in [0.29, 0.717) is 42.1 Å². The number of Topliss-reactive ketones (excluding diaryl/α,β-unsaturated/α-hetero) is 1. The number of allylic oxidation sites excluding steroid dienone is 3. The van der Waals surface area contributed by atoms with Gasteiger partial charge in [0.1, 0.15) is 28.9 Å². The predicted molar refractivity (Wildman–Crippen MR) is 114 cm³/mol. The van der Waals surface area contributed by atoms with Crippen LogP contribution in [0.15, 0.2) is 64.9 Å². The van der Waals surface area contributed by atoms with Crippen LogP contribution in [0.25, 0.3) is 11.3 Å². The Morgan fingerprint density at radius 2 is 1.86 bits per heavy atom. The number of carbonyl (C=O) groups excluding carboxylic acids is 1. The van der Waals surface area contributed by atoms with E-state index in [1.807, 2.05) is 18.2 Å². The summed E-state index contributed by atoms with van der Waals surface area (Å²) in [7, 11) is 0. The summed E-state index contributed by atoms with van der Waals surface area (Å²) in [4.78, 5) is 12.6. The highest BCUT2D eigenvalue weighted by atomic mass is 79.9. The second-order valence-corrected chi connectivity index (χ2v) is 9.11. The van der Waals surface area contributed by atoms with Crippen molar-refractivity contribution in [3.05, 3.63) is 66.2 Å². The molecule has 142 valence electrons. The Morgan fingerprint density at radius 1 is 1.14 bits per heavy atom. The van der Waals surface area contributed by atoms with Gasteiger partial charge < -0.3 is 14.9 Å². The van der Waals surface area contributed by atoms with Crippen LogP contribution in [0.5, 0.6) is 0 Å². The molecule has 8 heteroatoms. The summed E-state index contributed by atoms with van der Waals surface area (Å²) in [5, 5.41) is 9.65. The number of ether oxygens (including phenoxy) is 1. The first-order chi connectivity index (χ1) is 13.4. The lowest BCUT2D eigenvalue weighted by Crippen LogP contribution is -2.27. The monoisotopic (exact) mass is 566 g/mol. The second kappa shape index (κ2) is 7.54. The lowest BCUT2D eigenvalue weighted by molar-refractivity contribution is -0.116. The molecule has 1 aliphatic heterocycles. The molecule has 0 amide bonds. The predicted octanol–water partition coefficient (Wildman–Crippen LogP) is 6.05. The highest BCUT2D eigenvalue weighted by Crippen LogP contribution is 2.46. The first-order valence-electron chi connectivity index (χ1n) is 8.49. The molecule has 0 radical (unpaired) electrons. The van der Waals surface area contributed by atoms with Crippen LogP contribution >= 0.6 is 47.8 Å². The van der Waals surface area contributed by atoms with Crippen LogP contribution in [-0.2, 0) is 9.53 Å². The zero-order chi connectivity index (χ0) is 20.0. The summed E-state index contributed by atoms with van der Waals surface area (Å²) in [6, 6.07) is 9.53. The number of hydrogen-bond donors (Lipinski definition) is 1. The fraction of sp³-hybridized carbons (Fsp3) is 0.200. The van der Waals surface area contributed by atoms with Crippen molar-refractivity contribution < 1.29 is 13.9 Å². The zero-order valence-corrected chi connectivity index (χ0v) is 19.1. The molecule has 1 atom stereocenters. The molecule has 2 heterocycles. The van der Waals surface area contributed by atoms with Gasteiger partial charge in [-0.15, -0.1) is 0 Å². The fourth-order valence-electron chi connectivity index (χ4n) is 3.56. The first kappa shape index (κ1) is 19.5. The average molecular weight is 569 g/mol. The van der Waals surface area contributed by atoms with E-state index in [9.17, 15) is 10.1 Å². The molecule has 1 aromatic carbocycles. The SMILES string of the molecule is N#CC1=C(N)OC2=C(C(=O)CCC2)[C@H]1c1ccc(-c2c(Br)cc(Br)cc2Br)o1. The van der Waals surface area contributed by atoms with Crippen LogP contribution in [0, 0.1) is 11.3 Å². The Hall–Kier alpha value is -1.82. The van der Waals surface area contributed by atoms with E-state index in [1.165, 1.54) is 0 Å². The highest BCUT2D eigenvalue weighted by molar-refractivity contribution is 9.11. The third-order valence-electron chi connectivity index (χ3n) is 4.77. The molecule has 2 N–H and O–H groups in total. The fourth-order valence-corrected chi connectivity index (χ4v) is 6.21. The molecule has 0 saturated heterocycles. The molecule has 2 aromatic rings. The van der Waals surface area contributed by atoms with Crippen molar-refractivity contribution in [2.24, 2.45) is 5.73 Å². The average Bonchev–Trinajstić information content (AvgIpc) is 3.09. The van der Waals surface area contributed by atoms with E-state index in [1.54, 1.807) is 6.07 Å². The Balaban J connectivity index is 1.85.